The number of alkyl halides is 1. The first-order valence-electron chi connectivity index (χ1n) is 6.82. The quantitative estimate of drug-likeness (QED) is 0.605. The molecule has 2 rings (SSSR count). The maximum absolute atomic E-state index is 5.91. The third-order valence-corrected chi connectivity index (χ3v) is 3.58. The molecule has 1 unspecified atom stereocenters. The van der Waals surface area contributed by atoms with Gasteiger partial charge in [0.1, 0.15) is 11.9 Å². The van der Waals surface area contributed by atoms with E-state index in [9.17, 15) is 0 Å². The largest absolute Gasteiger partial charge is 0.488 e. The lowest BCUT2D eigenvalue weighted by Crippen LogP contribution is -2.30. The minimum atomic E-state index is 0.301. The molecule has 1 aliphatic heterocycles. The molecule has 1 N–H and O–H groups in total. The summed E-state index contributed by atoms with van der Waals surface area (Å²) in [5.74, 6) is 1.84. The van der Waals surface area contributed by atoms with E-state index in [0.29, 0.717) is 6.10 Å². The number of aryl methyl sites for hydroxylation is 1. The van der Waals surface area contributed by atoms with E-state index >= 15 is 0 Å². The fourth-order valence-corrected chi connectivity index (χ4v) is 2.54. The summed E-state index contributed by atoms with van der Waals surface area (Å²) in [6, 6.07) is 6.43. The van der Waals surface area contributed by atoms with Crippen LogP contribution in [-0.2, 0) is 6.42 Å². The number of hydrogen-bond donors (Lipinski definition) is 1. The molecule has 100 valence electrons. The van der Waals surface area contributed by atoms with Crippen molar-refractivity contribution < 1.29 is 4.74 Å². The summed E-state index contributed by atoms with van der Waals surface area (Å²) < 4.78 is 5.91. The second-order valence-corrected chi connectivity index (χ2v) is 5.39. The average Bonchev–Trinajstić information content (AvgIpc) is 2.75. The van der Waals surface area contributed by atoms with Crippen LogP contribution in [0.5, 0.6) is 5.75 Å². The summed E-state index contributed by atoms with van der Waals surface area (Å²) in [6.45, 7) is 4.13. The minimum absolute atomic E-state index is 0.301. The Morgan fingerprint density at radius 2 is 2.22 bits per heavy atom. The molecule has 3 heteroatoms. The molecule has 0 aliphatic carbocycles. The van der Waals surface area contributed by atoms with E-state index in [4.69, 9.17) is 16.3 Å². The molecule has 0 radical (unpaired) electrons. The third-order valence-electron chi connectivity index (χ3n) is 3.32. The number of halogens is 1. The summed E-state index contributed by atoms with van der Waals surface area (Å²) in [6.07, 6.45) is 4.86. The van der Waals surface area contributed by atoms with Gasteiger partial charge >= 0.3 is 0 Å². The number of hydrogen-bond acceptors (Lipinski definition) is 2. The predicted molar refractivity (Wildman–Crippen MR) is 76.7 cm³/mol. The van der Waals surface area contributed by atoms with Crippen molar-refractivity contribution in [2.75, 3.05) is 19.0 Å². The molecular formula is C15H22ClNO. The molecule has 0 spiro atoms. The fourth-order valence-electron chi connectivity index (χ4n) is 2.35. The normalized spacial score (nSPS) is 17.6. The predicted octanol–water partition coefficient (Wildman–Crippen LogP) is 3.30. The van der Waals surface area contributed by atoms with Gasteiger partial charge < -0.3 is 10.1 Å². The molecule has 1 aliphatic rings. The average molecular weight is 268 g/mol. The molecular weight excluding hydrogens is 246 g/mol. The van der Waals surface area contributed by atoms with Crippen molar-refractivity contribution in [3.8, 4) is 5.75 Å². The van der Waals surface area contributed by atoms with Gasteiger partial charge in [0.05, 0.1) is 0 Å². The molecule has 1 atom stereocenters. The van der Waals surface area contributed by atoms with Crippen molar-refractivity contribution in [3.63, 3.8) is 0 Å². The molecule has 0 amide bonds. The first-order chi connectivity index (χ1) is 8.79. The van der Waals surface area contributed by atoms with Crippen molar-refractivity contribution in [2.45, 2.75) is 38.7 Å². The van der Waals surface area contributed by atoms with Crippen LogP contribution in [0.15, 0.2) is 18.2 Å². The Kier molecular flexibility index (Phi) is 5.33. The molecule has 1 aromatic rings. The Morgan fingerprint density at radius 3 is 3.06 bits per heavy atom. The van der Waals surface area contributed by atoms with Gasteiger partial charge in [0.15, 0.2) is 0 Å². The molecule has 0 saturated carbocycles. The SMILES string of the molecule is Cc1ccc2c(c1)CC(CNCCCCCCl)O2. The number of fused-ring (bicyclic) bond motifs is 1. The highest BCUT2D eigenvalue weighted by molar-refractivity contribution is 6.17. The van der Waals surface area contributed by atoms with Gasteiger partial charge in [0.2, 0.25) is 0 Å². The Hall–Kier alpha value is -0.730. The highest BCUT2D eigenvalue weighted by atomic mass is 35.5. The van der Waals surface area contributed by atoms with Crippen LogP contribution >= 0.6 is 11.6 Å². The summed E-state index contributed by atoms with van der Waals surface area (Å²) in [7, 11) is 0. The van der Waals surface area contributed by atoms with Gasteiger partial charge in [0, 0.05) is 18.8 Å². The summed E-state index contributed by atoms with van der Waals surface area (Å²) in [4.78, 5) is 0. The van der Waals surface area contributed by atoms with Gasteiger partial charge in [-0.15, -0.1) is 11.6 Å². The van der Waals surface area contributed by atoms with E-state index in [1.807, 2.05) is 0 Å². The van der Waals surface area contributed by atoms with Crippen LogP contribution in [0.2, 0.25) is 0 Å². The smallest absolute Gasteiger partial charge is 0.123 e. The summed E-state index contributed by atoms with van der Waals surface area (Å²) in [5, 5.41) is 3.47. The summed E-state index contributed by atoms with van der Waals surface area (Å²) in [5.41, 5.74) is 2.66. The van der Waals surface area contributed by atoms with E-state index in [2.05, 4.69) is 30.4 Å². The number of unbranched alkanes of at least 4 members (excludes halogenated alkanes) is 2. The van der Waals surface area contributed by atoms with Crippen molar-refractivity contribution in [3.05, 3.63) is 29.3 Å². The number of nitrogens with one attached hydrogen (secondary N) is 1. The molecule has 0 bridgehead atoms. The van der Waals surface area contributed by atoms with E-state index < -0.39 is 0 Å². The zero-order valence-corrected chi connectivity index (χ0v) is 11.8. The lowest BCUT2D eigenvalue weighted by molar-refractivity contribution is 0.227. The molecule has 0 saturated heterocycles. The van der Waals surface area contributed by atoms with Crippen LogP contribution in [0.4, 0.5) is 0 Å². The van der Waals surface area contributed by atoms with Crippen molar-refractivity contribution in [1.82, 2.24) is 5.32 Å². The third kappa shape index (κ3) is 3.89. The van der Waals surface area contributed by atoms with Gasteiger partial charge in [-0.05, 0) is 37.9 Å². The van der Waals surface area contributed by atoms with E-state index in [0.717, 1.165) is 37.6 Å². The van der Waals surface area contributed by atoms with Gasteiger partial charge in [-0.1, -0.05) is 24.1 Å². The van der Waals surface area contributed by atoms with Crippen molar-refractivity contribution in [1.29, 1.82) is 0 Å². The first kappa shape index (κ1) is 13.7. The van der Waals surface area contributed by atoms with Crippen molar-refractivity contribution >= 4 is 11.6 Å². The highest BCUT2D eigenvalue weighted by Crippen LogP contribution is 2.29. The zero-order chi connectivity index (χ0) is 12.8. The highest BCUT2D eigenvalue weighted by Gasteiger charge is 2.21. The van der Waals surface area contributed by atoms with Crippen LogP contribution < -0.4 is 10.1 Å². The second-order valence-electron chi connectivity index (χ2n) is 5.01. The molecule has 2 nitrogen and oxygen atoms in total. The number of rotatable bonds is 7. The first-order valence-corrected chi connectivity index (χ1v) is 7.36. The Bertz CT molecular complexity index is 381. The topological polar surface area (TPSA) is 21.3 Å². The van der Waals surface area contributed by atoms with Crippen LogP contribution in [0.25, 0.3) is 0 Å². The van der Waals surface area contributed by atoms with Crippen molar-refractivity contribution in [2.24, 2.45) is 0 Å². The molecule has 0 fully saturated rings. The van der Waals surface area contributed by atoms with E-state index in [1.54, 1.807) is 0 Å². The van der Waals surface area contributed by atoms with Crippen LogP contribution in [-0.4, -0.2) is 25.1 Å². The van der Waals surface area contributed by atoms with Gasteiger partial charge in [0.25, 0.3) is 0 Å². The monoisotopic (exact) mass is 267 g/mol. The molecule has 0 aromatic heterocycles. The molecule has 18 heavy (non-hydrogen) atoms. The number of benzene rings is 1. The Morgan fingerprint density at radius 1 is 1.33 bits per heavy atom. The standard InChI is InChI=1S/C15H22ClNO/c1-12-5-6-15-13(9-12)10-14(18-15)11-17-8-4-2-3-7-16/h5-6,9,14,17H,2-4,7-8,10-11H2,1H3. The minimum Gasteiger partial charge on any atom is -0.488 e. The van der Waals surface area contributed by atoms with Crippen LogP contribution in [0.1, 0.15) is 30.4 Å². The fraction of sp³-hybridized carbons (Fsp3) is 0.600. The lowest BCUT2D eigenvalue weighted by atomic mass is 10.1. The Labute approximate surface area is 115 Å². The van der Waals surface area contributed by atoms with Gasteiger partial charge in [-0.2, -0.15) is 0 Å². The lowest BCUT2D eigenvalue weighted by Gasteiger charge is -2.11. The van der Waals surface area contributed by atoms with E-state index in [1.165, 1.54) is 24.0 Å². The van der Waals surface area contributed by atoms with Crippen LogP contribution in [0.3, 0.4) is 0 Å². The maximum atomic E-state index is 5.91. The van der Waals surface area contributed by atoms with Gasteiger partial charge in [-0.25, -0.2) is 0 Å². The molecule has 1 aromatic carbocycles. The second kappa shape index (κ2) is 7.01. The zero-order valence-electron chi connectivity index (χ0n) is 11.0. The van der Waals surface area contributed by atoms with Crippen LogP contribution in [0, 0.1) is 6.92 Å². The summed E-state index contributed by atoms with van der Waals surface area (Å²) >= 11 is 5.64. The molecule has 1 heterocycles. The van der Waals surface area contributed by atoms with Gasteiger partial charge in [-0.3, -0.25) is 0 Å². The van der Waals surface area contributed by atoms with E-state index in [-0.39, 0.29) is 0 Å². The maximum Gasteiger partial charge on any atom is 0.123 e. The Balaban J connectivity index is 1.65. The number of ether oxygens (including phenoxy) is 1.